The molecule has 1 fully saturated rings. The van der Waals surface area contributed by atoms with Gasteiger partial charge in [-0.3, -0.25) is 9.59 Å². The van der Waals surface area contributed by atoms with E-state index in [0.717, 1.165) is 11.1 Å². The van der Waals surface area contributed by atoms with Gasteiger partial charge in [0.2, 0.25) is 0 Å². The van der Waals surface area contributed by atoms with Crippen molar-refractivity contribution in [2.75, 3.05) is 20.3 Å². The minimum absolute atomic E-state index is 0.112. The summed E-state index contributed by atoms with van der Waals surface area (Å²) < 4.78 is 5.09. The van der Waals surface area contributed by atoms with Crippen molar-refractivity contribution >= 4 is 17.4 Å². The molecule has 0 spiro atoms. The second kappa shape index (κ2) is 7.54. The van der Waals surface area contributed by atoms with E-state index in [1.807, 2.05) is 37.3 Å². The lowest BCUT2D eigenvalue weighted by atomic mass is 9.95. The lowest BCUT2D eigenvalue weighted by molar-refractivity contribution is -0.140. The first-order valence-corrected chi connectivity index (χ1v) is 8.44. The molecule has 1 heterocycles. The fraction of sp³-hybridized carbons (Fsp3) is 0.238. The third kappa shape index (κ3) is 3.26. The van der Waals surface area contributed by atoms with Crippen LogP contribution in [-0.2, 0) is 14.3 Å². The van der Waals surface area contributed by atoms with Gasteiger partial charge in [0, 0.05) is 19.2 Å². The van der Waals surface area contributed by atoms with Crippen LogP contribution < -0.4 is 0 Å². The van der Waals surface area contributed by atoms with Gasteiger partial charge in [-0.05, 0) is 12.5 Å². The van der Waals surface area contributed by atoms with Gasteiger partial charge in [-0.2, -0.15) is 0 Å². The van der Waals surface area contributed by atoms with Crippen molar-refractivity contribution in [1.29, 1.82) is 0 Å². The Labute approximate surface area is 152 Å². The second-order valence-electron chi connectivity index (χ2n) is 6.26. The molecule has 3 rings (SSSR count). The average Bonchev–Trinajstić information content (AvgIpc) is 2.91. The van der Waals surface area contributed by atoms with Crippen LogP contribution in [-0.4, -0.2) is 42.0 Å². The fourth-order valence-electron chi connectivity index (χ4n) is 3.15. The number of aliphatic hydroxyl groups is 1. The van der Waals surface area contributed by atoms with Gasteiger partial charge >= 0.3 is 0 Å². The third-order valence-electron chi connectivity index (χ3n) is 4.52. The number of Topliss-reactive ketones (excluding diaryl/α,β-unsaturated/α-hetero) is 1. The lowest BCUT2D eigenvalue weighted by Crippen LogP contribution is -2.32. The number of hydrogen-bond donors (Lipinski definition) is 1. The summed E-state index contributed by atoms with van der Waals surface area (Å²) in [5.74, 6) is -1.45. The SMILES string of the molecule is COCCN1C(=O)C(=O)C(=C(O)c2ccccc2)C1c1ccc(C)cc1. The Morgan fingerprint density at radius 3 is 2.35 bits per heavy atom. The molecule has 134 valence electrons. The zero-order valence-corrected chi connectivity index (χ0v) is 14.8. The molecule has 0 aliphatic carbocycles. The third-order valence-corrected chi connectivity index (χ3v) is 4.52. The lowest BCUT2D eigenvalue weighted by Gasteiger charge is -2.25. The molecule has 5 heteroatoms. The number of amides is 1. The Morgan fingerprint density at radius 2 is 1.73 bits per heavy atom. The van der Waals surface area contributed by atoms with Gasteiger partial charge in [0.15, 0.2) is 0 Å². The van der Waals surface area contributed by atoms with Crippen molar-refractivity contribution in [1.82, 2.24) is 4.90 Å². The molecule has 2 aromatic carbocycles. The molecule has 26 heavy (non-hydrogen) atoms. The zero-order chi connectivity index (χ0) is 18.7. The Bertz CT molecular complexity index is 840. The maximum Gasteiger partial charge on any atom is 0.295 e. The fourth-order valence-corrected chi connectivity index (χ4v) is 3.15. The quantitative estimate of drug-likeness (QED) is 0.511. The Morgan fingerprint density at radius 1 is 1.08 bits per heavy atom. The average molecular weight is 351 g/mol. The summed E-state index contributed by atoms with van der Waals surface area (Å²) in [5, 5.41) is 10.8. The first kappa shape index (κ1) is 17.9. The zero-order valence-electron chi connectivity index (χ0n) is 14.8. The number of carbonyl (C=O) groups is 2. The highest BCUT2D eigenvalue weighted by Crippen LogP contribution is 2.39. The molecule has 1 aliphatic heterocycles. The summed E-state index contributed by atoms with van der Waals surface area (Å²) in [6.45, 7) is 2.54. The summed E-state index contributed by atoms with van der Waals surface area (Å²) in [6.07, 6.45) is 0. The van der Waals surface area contributed by atoms with Crippen molar-refractivity contribution in [3.05, 3.63) is 76.9 Å². The topological polar surface area (TPSA) is 66.8 Å². The van der Waals surface area contributed by atoms with E-state index in [0.29, 0.717) is 12.2 Å². The molecule has 1 N–H and O–H groups in total. The largest absolute Gasteiger partial charge is 0.507 e. The van der Waals surface area contributed by atoms with E-state index in [1.54, 1.807) is 31.4 Å². The highest BCUT2D eigenvalue weighted by atomic mass is 16.5. The minimum Gasteiger partial charge on any atom is -0.507 e. The number of aliphatic hydroxyl groups excluding tert-OH is 1. The maximum atomic E-state index is 12.7. The molecule has 1 aliphatic rings. The van der Waals surface area contributed by atoms with E-state index in [4.69, 9.17) is 4.74 Å². The molecular formula is C21H21NO4. The van der Waals surface area contributed by atoms with E-state index in [-0.39, 0.29) is 17.9 Å². The Balaban J connectivity index is 2.15. The molecule has 1 saturated heterocycles. The van der Waals surface area contributed by atoms with Crippen LogP contribution >= 0.6 is 0 Å². The number of ether oxygens (including phenoxy) is 1. The van der Waals surface area contributed by atoms with E-state index in [1.165, 1.54) is 4.90 Å². The number of methoxy groups -OCH3 is 1. The standard InChI is InChI=1S/C21H21NO4/c1-14-8-10-15(11-9-14)18-17(19(23)16-6-4-3-5-7-16)20(24)21(25)22(18)12-13-26-2/h3-11,18,23H,12-13H2,1-2H3. The van der Waals surface area contributed by atoms with Crippen LogP contribution in [0.2, 0.25) is 0 Å². The molecule has 0 aromatic heterocycles. The van der Waals surface area contributed by atoms with Gasteiger partial charge in [0.1, 0.15) is 5.76 Å². The predicted molar refractivity (Wildman–Crippen MR) is 98.5 cm³/mol. The smallest absolute Gasteiger partial charge is 0.295 e. The van der Waals surface area contributed by atoms with Gasteiger partial charge in [0.25, 0.3) is 11.7 Å². The van der Waals surface area contributed by atoms with Gasteiger partial charge in [0.05, 0.1) is 18.2 Å². The number of likely N-dealkylation sites (tertiary alicyclic amines) is 1. The number of rotatable bonds is 5. The molecule has 2 aromatic rings. The molecule has 1 unspecified atom stereocenters. The number of hydrogen-bond acceptors (Lipinski definition) is 4. The van der Waals surface area contributed by atoms with Gasteiger partial charge < -0.3 is 14.7 Å². The first-order chi connectivity index (χ1) is 12.5. The second-order valence-corrected chi connectivity index (χ2v) is 6.26. The molecule has 0 saturated carbocycles. The van der Waals surface area contributed by atoms with E-state index >= 15 is 0 Å². The first-order valence-electron chi connectivity index (χ1n) is 8.44. The maximum absolute atomic E-state index is 12.7. The molecule has 0 bridgehead atoms. The Kier molecular flexibility index (Phi) is 5.19. The molecule has 0 radical (unpaired) electrons. The summed E-state index contributed by atoms with van der Waals surface area (Å²) in [7, 11) is 1.54. The van der Waals surface area contributed by atoms with Crippen molar-refractivity contribution in [3.8, 4) is 0 Å². The molecule has 5 nitrogen and oxygen atoms in total. The van der Waals surface area contributed by atoms with Crippen molar-refractivity contribution in [2.24, 2.45) is 0 Å². The number of carbonyl (C=O) groups excluding carboxylic acids is 2. The van der Waals surface area contributed by atoms with Crippen LogP contribution in [0.15, 0.2) is 60.2 Å². The minimum atomic E-state index is -0.673. The van der Waals surface area contributed by atoms with Crippen molar-refractivity contribution in [2.45, 2.75) is 13.0 Å². The predicted octanol–water partition coefficient (Wildman–Crippen LogP) is 3.06. The van der Waals surface area contributed by atoms with Crippen LogP contribution in [0.1, 0.15) is 22.7 Å². The monoisotopic (exact) mass is 351 g/mol. The highest BCUT2D eigenvalue weighted by Gasteiger charge is 2.45. The Hall–Kier alpha value is -2.92. The van der Waals surface area contributed by atoms with E-state index in [2.05, 4.69) is 0 Å². The summed E-state index contributed by atoms with van der Waals surface area (Å²) in [5.41, 5.74) is 2.48. The van der Waals surface area contributed by atoms with Crippen molar-refractivity contribution in [3.63, 3.8) is 0 Å². The number of nitrogens with zero attached hydrogens (tertiary/aromatic N) is 1. The molecule has 1 amide bonds. The number of ketones is 1. The van der Waals surface area contributed by atoms with Crippen LogP contribution in [0.5, 0.6) is 0 Å². The highest BCUT2D eigenvalue weighted by molar-refractivity contribution is 6.46. The van der Waals surface area contributed by atoms with Crippen LogP contribution in [0.3, 0.4) is 0 Å². The van der Waals surface area contributed by atoms with Gasteiger partial charge in [-0.15, -0.1) is 0 Å². The van der Waals surface area contributed by atoms with Crippen LogP contribution in [0.4, 0.5) is 0 Å². The number of aryl methyl sites for hydroxylation is 1. The van der Waals surface area contributed by atoms with Gasteiger partial charge in [-0.25, -0.2) is 0 Å². The summed E-state index contributed by atoms with van der Waals surface area (Å²) >= 11 is 0. The van der Waals surface area contributed by atoms with Crippen molar-refractivity contribution < 1.29 is 19.4 Å². The van der Waals surface area contributed by atoms with Crippen LogP contribution in [0.25, 0.3) is 5.76 Å². The molecular weight excluding hydrogens is 330 g/mol. The number of benzene rings is 2. The van der Waals surface area contributed by atoms with Crippen LogP contribution in [0, 0.1) is 6.92 Å². The summed E-state index contributed by atoms with van der Waals surface area (Å²) in [6, 6.07) is 15.8. The van der Waals surface area contributed by atoms with E-state index in [9.17, 15) is 14.7 Å². The van der Waals surface area contributed by atoms with E-state index < -0.39 is 17.7 Å². The summed E-state index contributed by atoms with van der Waals surface area (Å²) in [4.78, 5) is 26.7. The molecule has 1 atom stereocenters. The normalized spacial score (nSPS) is 19.2. The van der Waals surface area contributed by atoms with Gasteiger partial charge in [-0.1, -0.05) is 60.2 Å².